The van der Waals surface area contributed by atoms with E-state index in [1.165, 1.54) is 14.2 Å². The van der Waals surface area contributed by atoms with E-state index in [0.717, 1.165) is 45.4 Å². The van der Waals surface area contributed by atoms with Crippen molar-refractivity contribution >= 4 is 41.1 Å². The number of halogens is 1. The topological polar surface area (TPSA) is 223 Å². The molecule has 5 amide bonds. The molecule has 6 aliphatic rings. The van der Waals surface area contributed by atoms with Crippen LogP contribution >= 0.6 is 0 Å². The fourth-order valence-electron chi connectivity index (χ4n) is 11.9. The smallest absolute Gasteiger partial charge is 0.410 e. The minimum Gasteiger partial charge on any atom is -0.454 e. The van der Waals surface area contributed by atoms with Crippen molar-refractivity contribution in [3.63, 3.8) is 0 Å². The lowest BCUT2D eigenvalue weighted by Gasteiger charge is -2.29. The van der Waals surface area contributed by atoms with Crippen LogP contribution in [-0.4, -0.2) is 117 Å². The minimum absolute atomic E-state index is 0.0583. The summed E-state index contributed by atoms with van der Waals surface area (Å²) in [6.07, 6.45) is 3.34. The van der Waals surface area contributed by atoms with Gasteiger partial charge in [0.15, 0.2) is 17.2 Å². The molecule has 4 aromatic carbocycles. The molecule has 4 N–H and O–H groups in total. The molecule has 20 heteroatoms. The summed E-state index contributed by atoms with van der Waals surface area (Å²) in [5.74, 6) is 1.32. The Balaban J connectivity index is 0.797. The van der Waals surface area contributed by atoms with Crippen molar-refractivity contribution in [2.24, 2.45) is 11.8 Å². The van der Waals surface area contributed by atoms with Gasteiger partial charge >= 0.3 is 18.3 Å². The molecule has 3 unspecified atom stereocenters. The Morgan fingerprint density at radius 2 is 1.36 bits per heavy atom. The van der Waals surface area contributed by atoms with Crippen LogP contribution in [-0.2, 0) is 42.6 Å². The number of carbonyl (C=O) groups excluding carboxylic acids is 5. The van der Waals surface area contributed by atoms with Crippen LogP contribution in [0.1, 0.15) is 99.4 Å². The lowest BCUT2D eigenvalue weighted by Crippen LogP contribution is -2.51. The first-order valence-corrected chi connectivity index (χ1v) is 26.5. The van der Waals surface area contributed by atoms with Crippen LogP contribution in [0, 0.1) is 11.8 Å². The monoisotopic (exact) mass is 1060 g/mol. The van der Waals surface area contributed by atoms with Crippen molar-refractivity contribution in [1.29, 1.82) is 0 Å². The molecular weight excluding hydrogens is 1000 g/mol. The Bertz CT molecular complexity index is 3450. The first-order valence-electron chi connectivity index (χ1n) is 26.5. The molecule has 2 saturated heterocycles. The van der Waals surface area contributed by atoms with Crippen LogP contribution in [0.3, 0.4) is 0 Å². The number of aromatic amines is 2. The minimum atomic E-state index is -1.88. The predicted molar refractivity (Wildman–Crippen MR) is 282 cm³/mol. The number of amides is 5. The maximum atomic E-state index is 18.3. The number of benzene rings is 4. The first kappa shape index (κ1) is 50.4. The van der Waals surface area contributed by atoms with Crippen LogP contribution < -0.4 is 20.1 Å². The summed E-state index contributed by atoms with van der Waals surface area (Å²) < 4.78 is 45.2. The number of allylic oxidation sites excluding steroid dienone is 2. The number of H-pyrrole nitrogens is 2. The molecule has 19 nitrogen and oxygen atoms in total. The third-order valence-electron chi connectivity index (χ3n) is 16.1. The highest BCUT2D eigenvalue weighted by Gasteiger charge is 2.50. The molecule has 0 bridgehead atoms. The lowest BCUT2D eigenvalue weighted by atomic mass is 9.88. The van der Waals surface area contributed by atoms with Crippen LogP contribution in [0.25, 0.3) is 44.5 Å². The molecule has 2 fully saturated rings. The zero-order valence-electron chi connectivity index (χ0n) is 44.1. The highest BCUT2D eigenvalue weighted by atomic mass is 19.1. The molecule has 4 aliphatic heterocycles. The van der Waals surface area contributed by atoms with Gasteiger partial charge in [0.1, 0.15) is 29.8 Å². The molecule has 0 saturated carbocycles. The summed E-state index contributed by atoms with van der Waals surface area (Å²) in [6, 6.07) is 18.6. The van der Waals surface area contributed by atoms with Crippen molar-refractivity contribution in [3.05, 3.63) is 118 Å². The highest BCUT2D eigenvalue weighted by molar-refractivity contribution is 5.90. The van der Waals surface area contributed by atoms with Crippen LogP contribution in [0.5, 0.6) is 11.5 Å². The Labute approximate surface area is 448 Å². The zero-order chi connectivity index (χ0) is 54.3. The van der Waals surface area contributed by atoms with Gasteiger partial charge in [-0.2, -0.15) is 0 Å². The summed E-state index contributed by atoms with van der Waals surface area (Å²) >= 11 is 0. The Hall–Kier alpha value is -8.42. The van der Waals surface area contributed by atoms with Crippen molar-refractivity contribution in [2.45, 2.75) is 102 Å². The number of hydrogen-bond acceptors (Lipinski definition) is 12. The standard InChI is InChI=1S/C58H60FN9O10/c1-29(2)49(64-55(71)74-5)53(69)67-17-7-8-45(67)51-60-24-44(63-51)33-10-15-39-38-14-9-31(18-40(38)58(59,36-12-13-36)41(39)19-33)32-11-16-42-43(20-32)62-52(61-42)46-23-37(27-68(46)54(70)50(30(3)4)65-56(72)75-6)78-57(73)66-25-34-21-47-48(77-28-76-47)22-35(34)26-66/h9-12,14-16,18-22,24,29-30,37,45-46,49-50H,7-8,13,17,23,25-28H2,1-6H3,(H,60,63)(H,61,62)(H,64,71)(H,65,72)/t37?,45-,46?,49-,50-,58?/m0/s1. The van der Waals surface area contributed by atoms with E-state index in [0.29, 0.717) is 89.1 Å². The van der Waals surface area contributed by atoms with Crippen molar-refractivity contribution in [3.8, 4) is 45.0 Å². The summed E-state index contributed by atoms with van der Waals surface area (Å²) in [5.41, 5.74) is 7.63. The molecule has 6 aromatic rings. The third kappa shape index (κ3) is 8.79. The number of nitrogens with zero attached hydrogens (tertiary/aromatic N) is 5. The van der Waals surface area contributed by atoms with E-state index in [1.54, 1.807) is 20.9 Å². The molecule has 12 rings (SSSR count). The van der Waals surface area contributed by atoms with Crippen molar-refractivity contribution in [2.75, 3.05) is 34.1 Å². The van der Waals surface area contributed by atoms with Gasteiger partial charge in [-0.1, -0.05) is 64.1 Å². The molecule has 6 heterocycles. The second-order valence-electron chi connectivity index (χ2n) is 21.6. The molecule has 0 spiro atoms. The van der Waals surface area contributed by atoms with E-state index in [2.05, 4.69) is 20.6 Å². The number of methoxy groups -OCH3 is 2. The van der Waals surface area contributed by atoms with Crippen molar-refractivity contribution in [1.82, 2.24) is 45.3 Å². The van der Waals surface area contributed by atoms with Crippen LogP contribution in [0.2, 0.25) is 0 Å². The van der Waals surface area contributed by atoms with Gasteiger partial charge in [0.05, 0.1) is 49.6 Å². The second-order valence-corrected chi connectivity index (χ2v) is 21.6. The van der Waals surface area contributed by atoms with Gasteiger partial charge in [-0.3, -0.25) is 14.5 Å². The third-order valence-corrected chi connectivity index (χ3v) is 16.1. The largest absolute Gasteiger partial charge is 0.454 e. The molecule has 2 aromatic heterocycles. The number of nitrogens with one attached hydrogen (secondary N) is 4. The SMILES string of the molecule is COC(=O)N[C@H](C(=O)N1CC(OC(=O)N2Cc3cc4c(cc3C2)OCO4)CC1c1nc2cc(-c3ccc4c(c3)C(F)(C3=CC3)c3cc(-c5c[nH]c([C@@H]6CCCN6C(=O)[C@@H](NC(=O)OC)C(C)C)n5)ccc3-4)ccc2[nH]1)C(C)C. The maximum Gasteiger partial charge on any atom is 0.410 e. The molecule has 0 radical (unpaired) electrons. The van der Waals surface area contributed by atoms with Gasteiger partial charge in [-0.15, -0.1) is 0 Å². The van der Waals surface area contributed by atoms with E-state index < -0.39 is 48.2 Å². The molecule has 2 aliphatic carbocycles. The molecule has 404 valence electrons. The van der Waals surface area contributed by atoms with Crippen molar-refractivity contribution < 1.29 is 52.0 Å². The Kier molecular flexibility index (Phi) is 12.6. The highest BCUT2D eigenvalue weighted by Crippen LogP contribution is 2.59. The van der Waals surface area contributed by atoms with E-state index in [9.17, 15) is 24.0 Å². The fourth-order valence-corrected chi connectivity index (χ4v) is 11.9. The Morgan fingerprint density at radius 1 is 0.756 bits per heavy atom. The summed E-state index contributed by atoms with van der Waals surface area (Å²) in [5, 5.41) is 5.39. The number of carbonyl (C=O) groups is 5. The zero-order valence-corrected chi connectivity index (χ0v) is 44.1. The normalized spacial score (nSPS) is 21.3. The summed E-state index contributed by atoms with van der Waals surface area (Å²) in [6.45, 7) is 8.80. The van der Waals surface area contributed by atoms with Crippen LogP contribution in [0.4, 0.5) is 18.8 Å². The lowest BCUT2D eigenvalue weighted by molar-refractivity contribution is -0.136. The van der Waals surface area contributed by atoms with Gasteiger partial charge in [-0.25, -0.2) is 28.7 Å². The molecular formula is C58H60FN9O10. The average molecular weight is 1060 g/mol. The van der Waals surface area contributed by atoms with E-state index in [1.807, 2.05) is 101 Å². The van der Waals surface area contributed by atoms with Gasteiger partial charge in [0, 0.05) is 48.9 Å². The molecule has 78 heavy (non-hydrogen) atoms. The summed E-state index contributed by atoms with van der Waals surface area (Å²) in [7, 11) is 2.51. The first-order chi connectivity index (χ1) is 37.6. The predicted octanol–water partition coefficient (Wildman–Crippen LogP) is 9.09. The van der Waals surface area contributed by atoms with Gasteiger partial charge < -0.3 is 54.1 Å². The number of alkyl carbamates (subject to hydrolysis) is 2. The van der Waals surface area contributed by atoms with E-state index in [4.69, 9.17) is 33.7 Å². The fraction of sp³-hybridized carbons (Fsp3) is 0.397. The number of likely N-dealkylation sites (tertiary alicyclic amines) is 2. The van der Waals surface area contributed by atoms with E-state index >= 15 is 4.39 Å². The van der Waals surface area contributed by atoms with Crippen LogP contribution in [0.15, 0.2) is 84.6 Å². The maximum absolute atomic E-state index is 18.3. The summed E-state index contributed by atoms with van der Waals surface area (Å²) in [4.78, 5) is 88.5. The average Bonchev–Trinajstić information content (AvgIpc) is 4.36. The Morgan fingerprint density at radius 3 is 1.99 bits per heavy atom. The number of hydrogen-bond donors (Lipinski definition) is 4. The van der Waals surface area contributed by atoms with Gasteiger partial charge in [-0.05, 0) is 106 Å². The quantitative estimate of drug-likeness (QED) is 0.0666. The number of imidazole rings is 2. The van der Waals surface area contributed by atoms with E-state index in [-0.39, 0.29) is 49.5 Å². The molecule has 6 atom stereocenters. The number of aromatic nitrogens is 4. The number of rotatable bonds is 12. The van der Waals surface area contributed by atoms with Gasteiger partial charge in [0.25, 0.3) is 0 Å². The second kappa shape index (κ2) is 19.5. The number of fused-ring (bicyclic) bond motifs is 6. The number of ether oxygens (including phenoxy) is 5. The van der Waals surface area contributed by atoms with Gasteiger partial charge in [0.2, 0.25) is 18.6 Å². The number of alkyl halides is 1.